The van der Waals surface area contributed by atoms with Crippen LogP contribution in [0.5, 0.6) is 5.75 Å². The minimum atomic E-state index is -5.27. The molecule has 4 nitrogen and oxygen atoms in total. The topological polar surface area (TPSA) is 59.3 Å². The zero-order chi connectivity index (χ0) is 18.5. The molecule has 0 fully saturated rings. The fourth-order valence-corrected chi connectivity index (χ4v) is 2.29. The van der Waals surface area contributed by atoms with Crippen LogP contribution in [0.25, 0.3) is 0 Å². The smallest absolute Gasteiger partial charge is 0.466 e. The Labute approximate surface area is 136 Å². The summed E-state index contributed by atoms with van der Waals surface area (Å²) in [4.78, 5) is 10.3. The van der Waals surface area contributed by atoms with Gasteiger partial charge in [0.15, 0.2) is 0 Å². The summed E-state index contributed by atoms with van der Waals surface area (Å²) in [6.07, 6.45) is -5.79. The van der Waals surface area contributed by atoms with Gasteiger partial charge < -0.3 is 9.47 Å². The molecule has 11 heteroatoms. The minimum absolute atomic E-state index is 0.0118. The Bertz CT molecular complexity index is 651. The van der Waals surface area contributed by atoms with Gasteiger partial charge in [-0.3, -0.25) is 4.79 Å². The monoisotopic (exact) mass is 373 g/mol. The van der Waals surface area contributed by atoms with Crippen molar-refractivity contribution in [1.29, 1.82) is 5.26 Å². The quantitative estimate of drug-likeness (QED) is 0.440. The third-order valence-corrected chi connectivity index (χ3v) is 3.19. The zero-order valence-electron chi connectivity index (χ0n) is 11.9. The maximum Gasteiger partial charge on any atom is 0.573 e. The molecule has 0 bridgehead atoms. The standard InChI is InChI=1S/C13H9F6NO3S/c1-2-22-10(21)5-7-3-8(6-20)11(24-13(17,18)19)9(4-7)23-12(14,15)16/h3-4H,2,5H2,1H3. The predicted molar refractivity (Wildman–Crippen MR) is 70.1 cm³/mol. The summed E-state index contributed by atoms with van der Waals surface area (Å²) in [5.41, 5.74) is -5.77. The highest BCUT2D eigenvalue weighted by molar-refractivity contribution is 8.00. The van der Waals surface area contributed by atoms with Gasteiger partial charge in [-0.15, -0.1) is 13.2 Å². The van der Waals surface area contributed by atoms with Crippen molar-refractivity contribution >= 4 is 17.7 Å². The predicted octanol–water partition coefficient (Wildman–Crippen LogP) is 4.17. The Morgan fingerprint density at radius 2 is 1.88 bits per heavy atom. The van der Waals surface area contributed by atoms with Crippen LogP contribution >= 0.6 is 11.8 Å². The van der Waals surface area contributed by atoms with Crippen molar-refractivity contribution in [2.75, 3.05) is 6.61 Å². The molecule has 0 atom stereocenters. The lowest BCUT2D eigenvalue weighted by atomic mass is 10.1. The van der Waals surface area contributed by atoms with Gasteiger partial charge in [-0.25, -0.2) is 0 Å². The molecule has 0 amide bonds. The summed E-state index contributed by atoms with van der Waals surface area (Å²) in [7, 11) is 0. The Hall–Kier alpha value is -2.09. The summed E-state index contributed by atoms with van der Waals surface area (Å²) in [5.74, 6) is -2.02. The number of thioether (sulfide) groups is 1. The number of nitrogens with zero attached hydrogens (tertiary/aromatic N) is 1. The summed E-state index contributed by atoms with van der Waals surface area (Å²) in [5, 5.41) is 8.92. The molecule has 132 valence electrons. The highest BCUT2D eigenvalue weighted by atomic mass is 32.2. The molecule has 0 saturated heterocycles. The number of hydrogen-bond donors (Lipinski definition) is 0. The van der Waals surface area contributed by atoms with Crippen molar-refractivity contribution in [2.24, 2.45) is 0 Å². The van der Waals surface area contributed by atoms with Gasteiger partial charge in [0.05, 0.1) is 23.5 Å². The number of ether oxygens (including phenoxy) is 2. The average Bonchev–Trinajstić information content (AvgIpc) is 2.38. The fourth-order valence-electron chi connectivity index (χ4n) is 1.64. The first-order valence-electron chi connectivity index (χ1n) is 6.19. The second-order valence-electron chi connectivity index (χ2n) is 4.16. The van der Waals surface area contributed by atoms with E-state index in [-0.39, 0.29) is 12.2 Å². The van der Waals surface area contributed by atoms with Crippen molar-refractivity contribution in [2.45, 2.75) is 30.1 Å². The Kier molecular flexibility index (Phi) is 6.36. The molecule has 0 N–H and O–H groups in total. The molecule has 0 saturated carbocycles. The second-order valence-corrected chi connectivity index (χ2v) is 5.24. The molecule has 1 aromatic carbocycles. The van der Waals surface area contributed by atoms with Crippen molar-refractivity contribution in [1.82, 2.24) is 0 Å². The maximum absolute atomic E-state index is 12.5. The van der Waals surface area contributed by atoms with Crippen LogP contribution in [0.2, 0.25) is 0 Å². The van der Waals surface area contributed by atoms with E-state index in [0.29, 0.717) is 6.07 Å². The van der Waals surface area contributed by atoms with Gasteiger partial charge in [-0.1, -0.05) is 0 Å². The molecule has 1 rings (SSSR count). The third kappa shape index (κ3) is 6.57. The van der Waals surface area contributed by atoms with Gasteiger partial charge in [-0.05, 0) is 36.4 Å². The van der Waals surface area contributed by atoms with Gasteiger partial charge in [0.2, 0.25) is 0 Å². The van der Waals surface area contributed by atoms with Gasteiger partial charge in [0.25, 0.3) is 0 Å². The van der Waals surface area contributed by atoms with Crippen LogP contribution in [0.3, 0.4) is 0 Å². The van der Waals surface area contributed by atoms with Crippen molar-refractivity contribution in [3.63, 3.8) is 0 Å². The van der Waals surface area contributed by atoms with E-state index < -0.39 is 52.2 Å². The average molecular weight is 373 g/mol. The number of halogens is 6. The number of hydrogen-bond acceptors (Lipinski definition) is 5. The molecule has 0 heterocycles. The van der Waals surface area contributed by atoms with Crippen molar-refractivity contribution in [3.8, 4) is 11.8 Å². The zero-order valence-corrected chi connectivity index (χ0v) is 12.7. The molecule has 0 aromatic heterocycles. The lowest BCUT2D eigenvalue weighted by molar-refractivity contribution is -0.275. The van der Waals surface area contributed by atoms with E-state index in [1.807, 2.05) is 0 Å². The molecule has 24 heavy (non-hydrogen) atoms. The van der Waals surface area contributed by atoms with E-state index >= 15 is 0 Å². The molecule has 0 unspecified atom stereocenters. The van der Waals surface area contributed by atoms with Crippen LogP contribution in [0.1, 0.15) is 18.1 Å². The molecule has 0 spiro atoms. The van der Waals surface area contributed by atoms with Crippen molar-refractivity contribution < 1.29 is 40.6 Å². The second kappa shape index (κ2) is 7.65. The lowest BCUT2D eigenvalue weighted by Gasteiger charge is -2.16. The van der Waals surface area contributed by atoms with Crippen LogP contribution in [0.15, 0.2) is 17.0 Å². The van der Waals surface area contributed by atoms with Crippen LogP contribution in [-0.4, -0.2) is 24.4 Å². The van der Waals surface area contributed by atoms with Crippen LogP contribution in [-0.2, 0) is 16.0 Å². The summed E-state index contributed by atoms with van der Waals surface area (Å²) in [6.45, 7) is 1.51. The molecule has 0 aliphatic carbocycles. The Morgan fingerprint density at radius 3 is 2.33 bits per heavy atom. The normalized spacial score (nSPS) is 11.8. The molecular formula is C13H9F6NO3S. The molecular weight excluding hydrogens is 364 g/mol. The Balaban J connectivity index is 3.35. The molecule has 0 aliphatic rings. The van der Waals surface area contributed by atoms with E-state index in [1.165, 1.54) is 13.0 Å². The van der Waals surface area contributed by atoms with Crippen molar-refractivity contribution in [3.05, 3.63) is 23.3 Å². The fraction of sp³-hybridized carbons (Fsp3) is 0.385. The molecule has 0 aliphatic heterocycles. The highest BCUT2D eigenvalue weighted by Gasteiger charge is 2.37. The van der Waals surface area contributed by atoms with Gasteiger partial charge in [0.1, 0.15) is 11.8 Å². The number of benzene rings is 1. The SMILES string of the molecule is CCOC(=O)Cc1cc(C#N)c(SC(F)(F)F)c(OC(F)(F)F)c1. The largest absolute Gasteiger partial charge is 0.573 e. The molecule has 1 aromatic rings. The number of carbonyl (C=O) groups is 1. The maximum atomic E-state index is 12.5. The van der Waals surface area contributed by atoms with E-state index in [0.717, 1.165) is 6.07 Å². The van der Waals surface area contributed by atoms with E-state index in [9.17, 15) is 31.1 Å². The molecule has 0 radical (unpaired) electrons. The van der Waals surface area contributed by atoms with E-state index in [2.05, 4.69) is 9.47 Å². The van der Waals surface area contributed by atoms with Gasteiger partial charge >= 0.3 is 17.8 Å². The van der Waals surface area contributed by atoms with E-state index in [4.69, 9.17) is 5.26 Å². The van der Waals surface area contributed by atoms with Gasteiger partial charge in [-0.2, -0.15) is 18.4 Å². The summed E-state index contributed by atoms with van der Waals surface area (Å²) in [6, 6.07) is 2.88. The highest BCUT2D eigenvalue weighted by Crippen LogP contribution is 2.45. The summed E-state index contributed by atoms with van der Waals surface area (Å²) >= 11 is -0.907. The lowest BCUT2D eigenvalue weighted by Crippen LogP contribution is -2.19. The van der Waals surface area contributed by atoms with Crippen LogP contribution < -0.4 is 4.74 Å². The Morgan fingerprint density at radius 1 is 1.25 bits per heavy atom. The van der Waals surface area contributed by atoms with E-state index in [1.54, 1.807) is 0 Å². The first kappa shape index (κ1) is 20.0. The number of esters is 1. The van der Waals surface area contributed by atoms with Gasteiger partial charge in [0, 0.05) is 0 Å². The third-order valence-electron chi connectivity index (χ3n) is 2.33. The number of carbonyl (C=O) groups excluding carboxylic acids is 1. The number of rotatable bonds is 5. The first-order valence-corrected chi connectivity index (χ1v) is 7.01. The number of alkyl halides is 6. The minimum Gasteiger partial charge on any atom is -0.466 e. The van der Waals surface area contributed by atoms with Crippen LogP contribution in [0, 0.1) is 11.3 Å². The van der Waals surface area contributed by atoms with Crippen LogP contribution in [0.4, 0.5) is 26.3 Å². The first-order chi connectivity index (χ1) is 10.9. The summed E-state index contributed by atoms with van der Waals surface area (Å²) < 4.78 is 83.0. The number of nitriles is 1.